The zero-order valence-electron chi connectivity index (χ0n) is 10.3. The lowest BCUT2D eigenvalue weighted by Crippen LogP contribution is -1.97. The summed E-state index contributed by atoms with van der Waals surface area (Å²) in [6.07, 6.45) is 6.95. The molecule has 0 aliphatic heterocycles. The van der Waals surface area contributed by atoms with E-state index in [4.69, 9.17) is 0 Å². The Morgan fingerprint density at radius 1 is 1.44 bits per heavy atom. The van der Waals surface area contributed by atoms with Gasteiger partial charge in [0.05, 0.1) is 11.7 Å². The van der Waals surface area contributed by atoms with E-state index in [2.05, 4.69) is 34.6 Å². The third-order valence-electron chi connectivity index (χ3n) is 2.89. The fraction of sp³-hybridized carbons (Fsp3) is 0.385. The van der Waals surface area contributed by atoms with Crippen LogP contribution in [-0.2, 0) is 13.5 Å². The van der Waals surface area contributed by atoms with Gasteiger partial charge in [-0.3, -0.25) is 4.98 Å². The minimum Gasteiger partial charge on any atom is -0.331 e. The van der Waals surface area contributed by atoms with Gasteiger partial charge in [0, 0.05) is 24.7 Å². The van der Waals surface area contributed by atoms with Crippen LogP contribution in [0, 0.1) is 6.92 Å². The number of rotatable bonds is 2. The SMILES string of the molecule is C/C=C\c1c(C)ncc2nc(CC)n(C)c12. The lowest BCUT2D eigenvalue weighted by Gasteiger charge is -2.04. The second kappa shape index (κ2) is 4.08. The number of hydrogen-bond donors (Lipinski definition) is 0. The summed E-state index contributed by atoms with van der Waals surface area (Å²) in [5.74, 6) is 1.10. The van der Waals surface area contributed by atoms with Gasteiger partial charge >= 0.3 is 0 Å². The molecule has 2 aromatic heterocycles. The number of hydrogen-bond acceptors (Lipinski definition) is 2. The highest BCUT2D eigenvalue weighted by Gasteiger charge is 2.11. The molecular weight excluding hydrogens is 198 g/mol. The summed E-state index contributed by atoms with van der Waals surface area (Å²) < 4.78 is 2.17. The van der Waals surface area contributed by atoms with E-state index in [9.17, 15) is 0 Å². The molecule has 0 fully saturated rings. The first kappa shape index (κ1) is 10.9. The number of aryl methyl sites for hydroxylation is 3. The molecule has 3 heteroatoms. The molecule has 84 valence electrons. The highest BCUT2D eigenvalue weighted by atomic mass is 15.1. The molecule has 0 aliphatic carbocycles. The van der Waals surface area contributed by atoms with Crippen LogP contribution in [-0.4, -0.2) is 14.5 Å². The Morgan fingerprint density at radius 2 is 2.19 bits per heavy atom. The van der Waals surface area contributed by atoms with Crippen LogP contribution in [0.2, 0.25) is 0 Å². The lowest BCUT2D eigenvalue weighted by atomic mass is 10.1. The molecule has 0 bridgehead atoms. The molecule has 2 rings (SSSR count). The van der Waals surface area contributed by atoms with Crippen molar-refractivity contribution in [2.75, 3.05) is 0 Å². The maximum absolute atomic E-state index is 4.58. The van der Waals surface area contributed by atoms with Crippen LogP contribution in [0.1, 0.15) is 30.9 Å². The van der Waals surface area contributed by atoms with Gasteiger partial charge < -0.3 is 4.57 Å². The fourth-order valence-corrected chi connectivity index (χ4v) is 2.06. The van der Waals surface area contributed by atoms with Gasteiger partial charge in [0.15, 0.2) is 0 Å². The first-order valence-electron chi connectivity index (χ1n) is 5.62. The largest absolute Gasteiger partial charge is 0.331 e. The summed E-state index contributed by atoms with van der Waals surface area (Å²) in [7, 11) is 2.07. The zero-order chi connectivity index (χ0) is 11.7. The van der Waals surface area contributed by atoms with Crippen molar-refractivity contribution in [3.8, 4) is 0 Å². The summed E-state index contributed by atoms with van der Waals surface area (Å²) in [5.41, 5.74) is 4.39. The molecule has 0 spiro atoms. The second-order valence-electron chi connectivity index (χ2n) is 3.93. The minimum absolute atomic E-state index is 0.944. The average molecular weight is 215 g/mol. The third-order valence-corrected chi connectivity index (χ3v) is 2.89. The van der Waals surface area contributed by atoms with Gasteiger partial charge in [0.25, 0.3) is 0 Å². The molecule has 0 amide bonds. The summed E-state index contributed by atoms with van der Waals surface area (Å²) in [6, 6.07) is 0. The number of imidazole rings is 1. The normalized spacial score (nSPS) is 11.8. The van der Waals surface area contributed by atoms with E-state index < -0.39 is 0 Å². The maximum atomic E-state index is 4.58. The van der Waals surface area contributed by atoms with Crippen molar-refractivity contribution in [3.05, 3.63) is 29.4 Å². The second-order valence-corrected chi connectivity index (χ2v) is 3.93. The van der Waals surface area contributed by atoms with Gasteiger partial charge in [0.1, 0.15) is 11.3 Å². The Hall–Kier alpha value is -1.64. The summed E-state index contributed by atoms with van der Waals surface area (Å²) in [4.78, 5) is 8.97. The van der Waals surface area contributed by atoms with Crippen LogP contribution in [0.15, 0.2) is 12.3 Å². The molecular formula is C13H17N3. The van der Waals surface area contributed by atoms with Crippen LogP contribution >= 0.6 is 0 Å². The molecule has 3 nitrogen and oxygen atoms in total. The lowest BCUT2D eigenvalue weighted by molar-refractivity contribution is 0.828. The number of pyridine rings is 1. The third kappa shape index (κ3) is 1.52. The zero-order valence-corrected chi connectivity index (χ0v) is 10.3. The van der Waals surface area contributed by atoms with Gasteiger partial charge in [-0.2, -0.15) is 0 Å². The summed E-state index contributed by atoms with van der Waals surface area (Å²) >= 11 is 0. The van der Waals surface area contributed by atoms with Crippen molar-refractivity contribution < 1.29 is 0 Å². The van der Waals surface area contributed by atoms with Crippen molar-refractivity contribution in [1.29, 1.82) is 0 Å². The molecule has 0 aliphatic rings. The standard InChI is InChI=1S/C13H17N3/c1-5-7-10-9(3)14-8-11-13(10)16(4)12(6-2)15-11/h5,7-8H,6H2,1-4H3/b7-5-. The molecule has 2 heterocycles. The summed E-state index contributed by atoms with van der Waals surface area (Å²) in [6.45, 7) is 6.18. The first-order valence-corrected chi connectivity index (χ1v) is 5.62. The van der Waals surface area contributed by atoms with Gasteiger partial charge in [-0.1, -0.05) is 19.1 Å². The van der Waals surface area contributed by atoms with Crippen LogP contribution in [0.25, 0.3) is 17.1 Å². The van der Waals surface area contributed by atoms with E-state index >= 15 is 0 Å². The molecule has 2 aromatic rings. The molecule has 0 saturated heterocycles. The van der Waals surface area contributed by atoms with Crippen LogP contribution in [0.5, 0.6) is 0 Å². The maximum Gasteiger partial charge on any atom is 0.109 e. The quantitative estimate of drug-likeness (QED) is 0.771. The molecule has 16 heavy (non-hydrogen) atoms. The number of aromatic nitrogens is 3. The van der Waals surface area contributed by atoms with Gasteiger partial charge in [-0.15, -0.1) is 0 Å². The van der Waals surface area contributed by atoms with E-state index in [1.54, 1.807) is 0 Å². The molecule has 0 unspecified atom stereocenters. The molecule has 0 atom stereocenters. The molecule has 0 N–H and O–H groups in total. The number of nitrogens with zero attached hydrogens (tertiary/aromatic N) is 3. The Kier molecular flexibility index (Phi) is 2.77. The predicted octanol–water partition coefficient (Wildman–Crippen LogP) is 2.87. The smallest absolute Gasteiger partial charge is 0.109 e. The van der Waals surface area contributed by atoms with Gasteiger partial charge in [-0.05, 0) is 13.8 Å². The number of allylic oxidation sites excluding steroid dienone is 1. The summed E-state index contributed by atoms with van der Waals surface area (Å²) in [5, 5.41) is 0. The first-order chi connectivity index (χ1) is 7.69. The fourth-order valence-electron chi connectivity index (χ4n) is 2.06. The Labute approximate surface area is 95.8 Å². The van der Waals surface area contributed by atoms with Crippen LogP contribution in [0.3, 0.4) is 0 Å². The van der Waals surface area contributed by atoms with Crippen molar-refractivity contribution in [2.45, 2.75) is 27.2 Å². The monoisotopic (exact) mass is 215 g/mol. The predicted molar refractivity (Wildman–Crippen MR) is 67.3 cm³/mol. The van der Waals surface area contributed by atoms with E-state index in [0.29, 0.717) is 0 Å². The van der Waals surface area contributed by atoms with E-state index in [-0.39, 0.29) is 0 Å². The Balaban J connectivity index is 2.85. The van der Waals surface area contributed by atoms with Gasteiger partial charge in [0.2, 0.25) is 0 Å². The minimum atomic E-state index is 0.944. The van der Waals surface area contributed by atoms with Crippen LogP contribution in [0.4, 0.5) is 0 Å². The van der Waals surface area contributed by atoms with Crippen molar-refractivity contribution in [1.82, 2.24) is 14.5 Å². The average Bonchev–Trinajstić information content (AvgIpc) is 2.60. The molecule has 0 aromatic carbocycles. The topological polar surface area (TPSA) is 30.7 Å². The van der Waals surface area contributed by atoms with Crippen LogP contribution < -0.4 is 0 Å². The highest BCUT2D eigenvalue weighted by Crippen LogP contribution is 2.22. The Morgan fingerprint density at radius 3 is 2.81 bits per heavy atom. The molecule has 0 saturated carbocycles. The van der Waals surface area contributed by atoms with Gasteiger partial charge in [-0.25, -0.2) is 4.98 Å². The van der Waals surface area contributed by atoms with Crippen molar-refractivity contribution >= 4 is 17.1 Å². The van der Waals surface area contributed by atoms with Crippen molar-refractivity contribution in [3.63, 3.8) is 0 Å². The van der Waals surface area contributed by atoms with E-state index in [1.165, 1.54) is 11.1 Å². The van der Waals surface area contributed by atoms with E-state index in [1.807, 2.05) is 26.1 Å². The Bertz CT molecular complexity index is 550. The number of fused-ring (bicyclic) bond motifs is 1. The highest BCUT2D eigenvalue weighted by molar-refractivity contribution is 5.85. The van der Waals surface area contributed by atoms with Crippen molar-refractivity contribution in [2.24, 2.45) is 7.05 Å². The molecule has 0 radical (unpaired) electrons. The van der Waals surface area contributed by atoms with E-state index in [0.717, 1.165) is 23.5 Å².